The summed E-state index contributed by atoms with van der Waals surface area (Å²) in [6, 6.07) is 9.21. The molecule has 0 bridgehead atoms. The molecule has 0 fully saturated rings. The van der Waals surface area contributed by atoms with Crippen molar-refractivity contribution in [1.82, 2.24) is 10.6 Å². The van der Waals surface area contributed by atoms with Gasteiger partial charge in [-0.05, 0) is 54.0 Å². The summed E-state index contributed by atoms with van der Waals surface area (Å²) in [6.07, 6.45) is 1.00. The van der Waals surface area contributed by atoms with Gasteiger partial charge in [-0.25, -0.2) is 4.39 Å². The van der Waals surface area contributed by atoms with E-state index in [1.54, 1.807) is 30.5 Å². The summed E-state index contributed by atoms with van der Waals surface area (Å²) >= 11 is 0. The number of nitrogens with one attached hydrogen (secondary N) is 2. The van der Waals surface area contributed by atoms with Crippen LogP contribution in [-0.4, -0.2) is 0 Å². The van der Waals surface area contributed by atoms with Crippen molar-refractivity contribution in [2.45, 2.75) is 12.6 Å². The minimum Gasteiger partial charge on any atom is -0.360 e. The molecule has 1 aliphatic heterocycles. The van der Waals surface area contributed by atoms with Crippen LogP contribution >= 0.6 is 0 Å². The Labute approximate surface area is 160 Å². The van der Waals surface area contributed by atoms with Crippen LogP contribution in [0.15, 0.2) is 85.4 Å². The molecule has 0 saturated heterocycles. The van der Waals surface area contributed by atoms with Crippen LogP contribution in [0.2, 0.25) is 0 Å². The fraction of sp³-hybridized carbons (Fsp3) is 0.0909. The van der Waals surface area contributed by atoms with E-state index in [2.05, 4.69) is 23.8 Å². The van der Waals surface area contributed by atoms with E-state index in [0.717, 1.165) is 17.8 Å². The highest BCUT2D eigenvalue weighted by Crippen LogP contribution is 2.32. The summed E-state index contributed by atoms with van der Waals surface area (Å²) in [4.78, 5) is 0. The molecule has 0 saturated carbocycles. The standard InChI is InChI=1S/C22H18F4N2/c1-14-3-9-20(13-27-14)28-15(2)21-10-6-18(22(24,25)26)12-17(21)11-16-4-7-19(23)8-5-16/h3-10,12-13,27-28H,1-2,11H2. The van der Waals surface area contributed by atoms with Crippen LogP contribution in [0.5, 0.6) is 0 Å². The van der Waals surface area contributed by atoms with Gasteiger partial charge in [0, 0.05) is 23.2 Å². The molecule has 28 heavy (non-hydrogen) atoms. The zero-order chi connectivity index (χ0) is 20.3. The number of halogens is 4. The summed E-state index contributed by atoms with van der Waals surface area (Å²) in [5, 5.41) is 6.03. The second-order valence-corrected chi connectivity index (χ2v) is 6.38. The Hall–Kier alpha value is -3.28. The molecule has 2 aromatic rings. The molecule has 0 aromatic heterocycles. The maximum absolute atomic E-state index is 13.2. The Morgan fingerprint density at radius 2 is 1.75 bits per heavy atom. The van der Waals surface area contributed by atoms with E-state index >= 15 is 0 Å². The molecule has 0 atom stereocenters. The van der Waals surface area contributed by atoms with Crippen molar-refractivity contribution in [2.75, 3.05) is 0 Å². The highest BCUT2D eigenvalue weighted by Gasteiger charge is 2.31. The first-order chi connectivity index (χ1) is 13.2. The Morgan fingerprint density at radius 3 is 2.36 bits per heavy atom. The molecule has 0 radical (unpaired) electrons. The summed E-state index contributed by atoms with van der Waals surface area (Å²) < 4.78 is 52.7. The lowest BCUT2D eigenvalue weighted by atomic mass is 9.95. The fourth-order valence-corrected chi connectivity index (χ4v) is 2.81. The molecule has 6 heteroatoms. The second kappa shape index (κ2) is 7.76. The monoisotopic (exact) mass is 386 g/mol. The second-order valence-electron chi connectivity index (χ2n) is 6.38. The van der Waals surface area contributed by atoms with Gasteiger partial charge < -0.3 is 10.6 Å². The van der Waals surface area contributed by atoms with Crippen molar-refractivity contribution < 1.29 is 17.6 Å². The van der Waals surface area contributed by atoms with Crippen LogP contribution < -0.4 is 10.6 Å². The van der Waals surface area contributed by atoms with Crippen LogP contribution in [0.4, 0.5) is 17.6 Å². The molecule has 2 aromatic carbocycles. The topological polar surface area (TPSA) is 24.1 Å². The Morgan fingerprint density at radius 1 is 1.04 bits per heavy atom. The summed E-state index contributed by atoms with van der Waals surface area (Å²) in [5.41, 5.74) is 2.83. The molecular formula is C22H18F4N2. The zero-order valence-electron chi connectivity index (χ0n) is 14.9. The van der Waals surface area contributed by atoms with Crippen molar-refractivity contribution >= 4 is 5.70 Å². The van der Waals surface area contributed by atoms with Crippen molar-refractivity contribution in [3.05, 3.63) is 113 Å². The van der Waals surface area contributed by atoms with Gasteiger partial charge >= 0.3 is 6.18 Å². The molecule has 2 nitrogen and oxygen atoms in total. The highest BCUT2D eigenvalue weighted by atomic mass is 19.4. The van der Waals surface area contributed by atoms with E-state index < -0.39 is 17.6 Å². The molecule has 2 N–H and O–H groups in total. The number of hydrogen-bond donors (Lipinski definition) is 2. The van der Waals surface area contributed by atoms with Crippen LogP contribution in [0.1, 0.15) is 22.3 Å². The van der Waals surface area contributed by atoms with E-state index in [4.69, 9.17) is 0 Å². The maximum Gasteiger partial charge on any atom is 0.416 e. The number of alkyl halides is 3. The molecule has 144 valence electrons. The number of rotatable bonds is 5. The van der Waals surface area contributed by atoms with Gasteiger partial charge in [0.15, 0.2) is 0 Å². The lowest BCUT2D eigenvalue weighted by molar-refractivity contribution is -0.137. The molecule has 1 aliphatic rings. The normalized spacial score (nSPS) is 13.7. The van der Waals surface area contributed by atoms with Crippen molar-refractivity contribution in [3.8, 4) is 0 Å². The average molecular weight is 386 g/mol. The van der Waals surface area contributed by atoms with Crippen LogP contribution in [-0.2, 0) is 12.6 Å². The van der Waals surface area contributed by atoms with Gasteiger partial charge in [0.2, 0.25) is 0 Å². The van der Waals surface area contributed by atoms with E-state index in [0.29, 0.717) is 28.1 Å². The fourth-order valence-electron chi connectivity index (χ4n) is 2.81. The smallest absolute Gasteiger partial charge is 0.360 e. The van der Waals surface area contributed by atoms with Crippen LogP contribution in [0, 0.1) is 5.82 Å². The zero-order valence-corrected chi connectivity index (χ0v) is 14.9. The van der Waals surface area contributed by atoms with Gasteiger partial charge in [0.25, 0.3) is 0 Å². The van der Waals surface area contributed by atoms with Gasteiger partial charge in [0.05, 0.1) is 11.3 Å². The minimum absolute atomic E-state index is 0.212. The Balaban J connectivity index is 1.92. The average Bonchev–Trinajstić information content (AvgIpc) is 2.64. The summed E-state index contributed by atoms with van der Waals surface area (Å²) in [7, 11) is 0. The molecule has 0 unspecified atom stereocenters. The first-order valence-corrected chi connectivity index (χ1v) is 8.47. The number of hydrogen-bond acceptors (Lipinski definition) is 2. The highest BCUT2D eigenvalue weighted by molar-refractivity contribution is 5.68. The van der Waals surface area contributed by atoms with Gasteiger partial charge in [-0.15, -0.1) is 0 Å². The molecule has 0 spiro atoms. The van der Waals surface area contributed by atoms with E-state index in [-0.39, 0.29) is 6.42 Å². The molecule has 1 heterocycles. The third-order valence-electron chi connectivity index (χ3n) is 4.24. The quantitative estimate of drug-likeness (QED) is 0.662. The Bertz CT molecular complexity index is 967. The molecule has 3 rings (SSSR count). The molecule has 0 aliphatic carbocycles. The number of allylic oxidation sites excluding steroid dienone is 2. The first kappa shape index (κ1) is 19.5. The first-order valence-electron chi connectivity index (χ1n) is 8.47. The summed E-state index contributed by atoms with van der Waals surface area (Å²) in [6.45, 7) is 7.73. The van der Waals surface area contributed by atoms with Crippen molar-refractivity contribution in [2.24, 2.45) is 0 Å². The van der Waals surface area contributed by atoms with Gasteiger partial charge in [-0.2, -0.15) is 13.2 Å². The predicted octanol–water partition coefficient (Wildman–Crippen LogP) is 5.51. The number of benzene rings is 2. The summed E-state index contributed by atoms with van der Waals surface area (Å²) in [5.74, 6) is -0.399. The number of dihydropyridines is 1. The maximum atomic E-state index is 13.2. The SMILES string of the molecule is C=C1C=CC(NC(=C)c2ccc(C(F)(F)F)cc2Cc2ccc(F)cc2)=CN1. The largest absolute Gasteiger partial charge is 0.416 e. The van der Waals surface area contributed by atoms with Crippen LogP contribution in [0.25, 0.3) is 5.70 Å². The third-order valence-corrected chi connectivity index (χ3v) is 4.24. The van der Waals surface area contributed by atoms with E-state index in [1.165, 1.54) is 18.2 Å². The lowest BCUT2D eigenvalue weighted by Gasteiger charge is -2.18. The molecular weight excluding hydrogens is 368 g/mol. The van der Waals surface area contributed by atoms with E-state index in [9.17, 15) is 17.6 Å². The van der Waals surface area contributed by atoms with Crippen molar-refractivity contribution in [3.63, 3.8) is 0 Å². The lowest BCUT2D eigenvalue weighted by Crippen LogP contribution is -2.17. The van der Waals surface area contributed by atoms with Gasteiger partial charge in [0.1, 0.15) is 5.82 Å². The van der Waals surface area contributed by atoms with E-state index in [1.807, 2.05) is 0 Å². The molecule has 0 amide bonds. The van der Waals surface area contributed by atoms with Crippen molar-refractivity contribution in [1.29, 1.82) is 0 Å². The minimum atomic E-state index is -4.45. The van der Waals surface area contributed by atoms with Gasteiger partial charge in [-0.1, -0.05) is 31.4 Å². The van der Waals surface area contributed by atoms with Crippen LogP contribution in [0.3, 0.4) is 0 Å². The van der Waals surface area contributed by atoms with Gasteiger partial charge in [-0.3, -0.25) is 0 Å². The predicted molar refractivity (Wildman–Crippen MR) is 102 cm³/mol. The third kappa shape index (κ3) is 4.71. The Kier molecular flexibility index (Phi) is 5.40.